The topological polar surface area (TPSA) is 83.1 Å². The second-order valence-corrected chi connectivity index (χ2v) is 19.5. The van der Waals surface area contributed by atoms with E-state index in [1.807, 2.05) is 31.4 Å². The van der Waals surface area contributed by atoms with Crippen LogP contribution >= 0.6 is 11.3 Å². The van der Waals surface area contributed by atoms with Crippen molar-refractivity contribution in [1.82, 2.24) is 13.6 Å². The van der Waals surface area contributed by atoms with Crippen LogP contribution in [-0.2, 0) is 26.0 Å². The number of carbonyl (C=O) groups is 1. The minimum atomic E-state index is -3.65. The van der Waals surface area contributed by atoms with Crippen molar-refractivity contribution in [1.29, 1.82) is 0 Å². The molecule has 2 aromatic carbocycles. The molecule has 3 aromatic rings. The van der Waals surface area contributed by atoms with Gasteiger partial charge >= 0.3 is 0 Å². The van der Waals surface area contributed by atoms with Crippen LogP contribution < -0.4 is 15.3 Å². The number of hydrogen-bond acceptors (Lipinski definition) is 6. The lowest BCUT2D eigenvalue weighted by atomic mass is 10.0. The van der Waals surface area contributed by atoms with Crippen LogP contribution in [0.15, 0.2) is 66.0 Å². The molecular formula is C31H42N4O4S2Si. The summed E-state index contributed by atoms with van der Waals surface area (Å²) in [4.78, 5) is 20.2. The van der Waals surface area contributed by atoms with Crippen molar-refractivity contribution in [2.45, 2.75) is 71.2 Å². The summed E-state index contributed by atoms with van der Waals surface area (Å²) in [6.07, 6.45) is 1.32. The number of thiazole rings is 1. The summed E-state index contributed by atoms with van der Waals surface area (Å²) in [6.45, 7) is 11.7. The van der Waals surface area contributed by atoms with Crippen LogP contribution in [0.4, 0.5) is 5.13 Å². The Morgan fingerprint density at radius 2 is 1.67 bits per heavy atom. The summed E-state index contributed by atoms with van der Waals surface area (Å²) < 4.78 is 36.7. The number of hydrogen-bond donors (Lipinski definition) is 0. The number of nitrogens with zero attached hydrogens (tertiary/aromatic N) is 4. The molecule has 5 rings (SSSR count). The van der Waals surface area contributed by atoms with Gasteiger partial charge in [0.1, 0.15) is 0 Å². The zero-order valence-electron chi connectivity index (χ0n) is 25.4. The number of anilines is 1. The highest BCUT2D eigenvalue weighted by molar-refractivity contribution is 7.86. The third-order valence-corrected chi connectivity index (χ3v) is 16.5. The molecule has 0 radical (unpaired) electrons. The SMILES string of the molecule is CCCN(C)S(=O)(=O)N1CC[C@H]2[C@H]1[C@H](C)C(=O)N2c1nc(CO[Si](c2ccccc2)(c2ccccc2)C(C)(C)C)cs1. The first-order valence-electron chi connectivity index (χ1n) is 14.7. The molecule has 2 aliphatic rings. The van der Waals surface area contributed by atoms with E-state index >= 15 is 0 Å². The van der Waals surface area contributed by atoms with Gasteiger partial charge in [0.15, 0.2) is 5.13 Å². The molecule has 0 N–H and O–H groups in total. The molecule has 0 aliphatic carbocycles. The van der Waals surface area contributed by atoms with Crippen molar-refractivity contribution in [2.75, 3.05) is 25.0 Å². The van der Waals surface area contributed by atoms with Crippen LogP contribution in [0.25, 0.3) is 0 Å². The second kappa shape index (κ2) is 11.9. The van der Waals surface area contributed by atoms with E-state index in [2.05, 4.69) is 69.3 Å². The smallest absolute Gasteiger partial charge is 0.282 e. The average molecular weight is 627 g/mol. The molecule has 226 valence electrons. The van der Waals surface area contributed by atoms with Crippen molar-refractivity contribution >= 4 is 51.3 Å². The molecule has 0 spiro atoms. The lowest BCUT2D eigenvalue weighted by Gasteiger charge is -2.42. The third kappa shape index (κ3) is 5.28. The Hall–Kier alpha value is -2.41. The molecule has 11 heteroatoms. The van der Waals surface area contributed by atoms with Crippen LogP contribution in [0.2, 0.25) is 5.04 Å². The molecule has 1 amide bonds. The Kier molecular flexibility index (Phi) is 8.82. The Morgan fingerprint density at radius 3 is 2.21 bits per heavy atom. The quantitative estimate of drug-likeness (QED) is 0.315. The first kappa shape index (κ1) is 31.0. The normalized spacial score (nSPS) is 21.8. The predicted molar refractivity (Wildman–Crippen MR) is 172 cm³/mol. The molecule has 2 fully saturated rings. The number of fused-ring (bicyclic) bond motifs is 1. The fraction of sp³-hybridized carbons (Fsp3) is 0.484. The third-order valence-electron chi connectivity index (χ3n) is 8.67. The van der Waals surface area contributed by atoms with E-state index in [9.17, 15) is 13.2 Å². The fourth-order valence-electron chi connectivity index (χ4n) is 6.70. The minimum absolute atomic E-state index is 0.0724. The zero-order chi connectivity index (χ0) is 30.3. The minimum Gasteiger partial charge on any atom is -0.401 e. The zero-order valence-corrected chi connectivity index (χ0v) is 28.0. The Morgan fingerprint density at radius 1 is 1.07 bits per heavy atom. The van der Waals surface area contributed by atoms with Gasteiger partial charge < -0.3 is 4.43 Å². The average Bonchev–Trinajstić information content (AvgIpc) is 3.67. The molecule has 42 heavy (non-hydrogen) atoms. The van der Waals surface area contributed by atoms with Gasteiger partial charge in [0.2, 0.25) is 5.91 Å². The summed E-state index contributed by atoms with van der Waals surface area (Å²) in [7, 11) is -4.77. The van der Waals surface area contributed by atoms with E-state index in [0.29, 0.717) is 31.2 Å². The van der Waals surface area contributed by atoms with Crippen LogP contribution in [0.3, 0.4) is 0 Å². The summed E-state index contributed by atoms with van der Waals surface area (Å²) in [5, 5.41) is 4.82. The second-order valence-electron chi connectivity index (χ2n) is 12.4. The van der Waals surface area contributed by atoms with Crippen molar-refractivity contribution in [3.8, 4) is 0 Å². The molecule has 0 unspecified atom stereocenters. The van der Waals surface area contributed by atoms with E-state index in [1.165, 1.54) is 30.3 Å². The number of benzene rings is 2. The lowest BCUT2D eigenvalue weighted by Crippen LogP contribution is -2.66. The van der Waals surface area contributed by atoms with Crippen LogP contribution in [-0.4, -0.2) is 68.5 Å². The van der Waals surface area contributed by atoms with Crippen LogP contribution in [0.1, 0.15) is 53.2 Å². The number of amides is 1. The van der Waals surface area contributed by atoms with Gasteiger partial charge in [-0.05, 0) is 28.3 Å². The Balaban J connectivity index is 1.42. The van der Waals surface area contributed by atoms with Gasteiger partial charge in [0.05, 0.1) is 30.3 Å². The summed E-state index contributed by atoms with van der Waals surface area (Å²) in [5.41, 5.74) is 0.775. The first-order valence-corrected chi connectivity index (χ1v) is 18.9. The van der Waals surface area contributed by atoms with Crippen LogP contribution in [0, 0.1) is 5.92 Å². The van der Waals surface area contributed by atoms with E-state index in [1.54, 1.807) is 11.9 Å². The summed E-state index contributed by atoms with van der Waals surface area (Å²) in [5.74, 6) is -0.514. The molecule has 2 aliphatic heterocycles. The van der Waals surface area contributed by atoms with Gasteiger partial charge in [-0.2, -0.15) is 17.0 Å². The highest BCUT2D eigenvalue weighted by atomic mass is 32.2. The number of rotatable bonds is 10. The van der Waals surface area contributed by atoms with Crippen molar-refractivity contribution in [3.05, 3.63) is 71.7 Å². The Labute approximate surface area is 255 Å². The molecule has 1 aromatic heterocycles. The highest BCUT2D eigenvalue weighted by Gasteiger charge is 2.56. The monoisotopic (exact) mass is 626 g/mol. The van der Waals surface area contributed by atoms with Crippen LogP contribution in [0.5, 0.6) is 0 Å². The molecule has 0 saturated carbocycles. The van der Waals surface area contributed by atoms with Gasteiger partial charge in [0.25, 0.3) is 18.5 Å². The van der Waals surface area contributed by atoms with E-state index in [0.717, 1.165) is 12.1 Å². The largest absolute Gasteiger partial charge is 0.401 e. The lowest BCUT2D eigenvalue weighted by molar-refractivity contribution is -0.120. The van der Waals surface area contributed by atoms with E-state index < -0.39 is 30.5 Å². The summed E-state index contributed by atoms with van der Waals surface area (Å²) in [6, 6.07) is 20.4. The van der Waals surface area contributed by atoms with Gasteiger partial charge in [-0.15, -0.1) is 11.3 Å². The van der Waals surface area contributed by atoms with Crippen molar-refractivity contribution in [2.24, 2.45) is 5.92 Å². The first-order chi connectivity index (χ1) is 19.9. The molecule has 2 saturated heterocycles. The number of aromatic nitrogens is 1. The maximum absolute atomic E-state index is 13.5. The van der Waals surface area contributed by atoms with Gasteiger partial charge in [-0.25, -0.2) is 4.98 Å². The van der Waals surface area contributed by atoms with Crippen molar-refractivity contribution < 1.29 is 17.6 Å². The predicted octanol–water partition coefficient (Wildman–Crippen LogP) is 4.23. The van der Waals surface area contributed by atoms with Gasteiger partial charge in [0, 0.05) is 25.5 Å². The van der Waals surface area contributed by atoms with E-state index in [4.69, 9.17) is 9.41 Å². The molecule has 3 heterocycles. The maximum Gasteiger partial charge on any atom is 0.282 e. The van der Waals surface area contributed by atoms with Gasteiger partial charge in [-0.1, -0.05) is 95.3 Å². The molecule has 0 bridgehead atoms. The fourth-order valence-corrected chi connectivity index (χ4v) is 13.8. The molecule has 3 atom stereocenters. The van der Waals surface area contributed by atoms with Crippen molar-refractivity contribution in [3.63, 3.8) is 0 Å². The number of carbonyl (C=O) groups excluding carboxylic acids is 1. The highest BCUT2D eigenvalue weighted by Crippen LogP contribution is 2.42. The standard InChI is InChI=1S/C31H42N4O4S2Si/c1-7-19-33(6)41(37,38)34-20-18-27-28(34)23(2)29(36)35(27)30-32-24(22-40-30)21-39-42(31(3,4)5,25-14-10-8-11-15-25)26-16-12-9-13-17-26/h8-17,22-23,27-28H,7,18-21H2,1-6H3/t23-,27-,28+/m0/s1. The molecule has 8 nitrogen and oxygen atoms in total. The van der Waals surface area contributed by atoms with E-state index in [-0.39, 0.29) is 17.0 Å². The Bertz CT molecular complexity index is 1450. The molecular weight excluding hydrogens is 585 g/mol. The maximum atomic E-state index is 13.5. The van der Waals surface area contributed by atoms with Gasteiger partial charge in [-0.3, -0.25) is 9.69 Å². The summed E-state index contributed by atoms with van der Waals surface area (Å²) >= 11 is 1.43.